The minimum atomic E-state index is -0.235. The van der Waals surface area contributed by atoms with Crippen molar-refractivity contribution >= 4 is 5.97 Å². The van der Waals surface area contributed by atoms with Crippen LogP contribution in [-0.4, -0.2) is 11.0 Å². The second-order valence-electron chi connectivity index (χ2n) is 4.30. The molecule has 0 aliphatic heterocycles. The van der Waals surface area contributed by atoms with Crippen LogP contribution in [0.25, 0.3) is 0 Å². The van der Waals surface area contributed by atoms with Gasteiger partial charge in [0.05, 0.1) is 5.69 Å². The highest BCUT2D eigenvalue weighted by Crippen LogP contribution is 2.34. The van der Waals surface area contributed by atoms with E-state index in [1.807, 2.05) is 6.08 Å². The Labute approximate surface area is 102 Å². The quantitative estimate of drug-likeness (QED) is 0.591. The Morgan fingerprint density at radius 1 is 1.71 bits per heavy atom. The predicted octanol–water partition coefficient (Wildman–Crippen LogP) is 2.75. The molecule has 0 bridgehead atoms. The van der Waals surface area contributed by atoms with Crippen LogP contribution in [0.3, 0.4) is 0 Å². The molecule has 1 atom stereocenters. The lowest BCUT2D eigenvalue weighted by Crippen LogP contribution is -2.07. The van der Waals surface area contributed by atoms with E-state index in [0.717, 1.165) is 31.4 Å². The summed E-state index contributed by atoms with van der Waals surface area (Å²) in [6.07, 6.45) is 7.34. The summed E-state index contributed by atoms with van der Waals surface area (Å²) in [7, 11) is 0. The number of pyridine rings is 1. The van der Waals surface area contributed by atoms with Crippen LogP contribution < -0.4 is 0 Å². The third kappa shape index (κ3) is 2.54. The third-order valence-electron chi connectivity index (χ3n) is 3.07. The van der Waals surface area contributed by atoms with Crippen molar-refractivity contribution < 1.29 is 9.53 Å². The zero-order valence-electron chi connectivity index (χ0n) is 10.1. The lowest BCUT2D eigenvalue weighted by molar-refractivity contribution is -0.146. The van der Waals surface area contributed by atoms with Crippen LogP contribution in [0.1, 0.15) is 42.7 Å². The second kappa shape index (κ2) is 5.13. The van der Waals surface area contributed by atoms with Gasteiger partial charge < -0.3 is 4.74 Å². The molecule has 1 aromatic heterocycles. The molecule has 3 heteroatoms. The van der Waals surface area contributed by atoms with Crippen LogP contribution in [0.5, 0.6) is 0 Å². The van der Waals surface area contributed by atoms with E-state index in [1.54, 1.807) is 6.20 Å². The number of aryl methyl sites for hydroxylation is 1. The minimum absolute atomic E-state index is 0.147. The van der Waals surface area contributed by atoms with Crippen molar-refractivity contribution in [1.29, 1.82) is 0 Å². The Morgan fingerprint density at radius 2 is 2.53 bits per heavy atom. The first kappa shape index (κ1) is 11.8. The van der Waals surface area contributed by atoms with E-state index < -0.39 is 0 Å². The second-order valence-corrected chi connectivity index (χ2v) is 4.30. The molecule has 0 aromatic carbocycles. The van der Waals surface area contributed by atoms with Crippen LogP contribution in [0.4, 0.5) is 0 Å². The van der Waals surface area contributed by atoms with E-state index in [9.17, 15) is 4.79 Å². The fraction of sp³-hybridized carbons (Fsp3) is 0.429. The summed E-state index contributed by atoms with van der Waals surface area (Å²) in [5, 5.41) is 0. The zero-order chi connectivity index (χ0) is 12.3. The molecule has 0 N–H and O–H groups in total. The van der Waals surface area contributed by atoms with E-state index >= 15 is 0 Å². The molecule has 17 heavy (non-hydrogen) atoms. The molecule has 0 spiro atoms. The molecule has 1 heterocycles. The maximum Gasteiger partial charge on any atom is 0.303 e. The first-order chi connectivity index (χ1) is 8.22. The van der Waals surface area contributed by atoms with E-state index in [-0.39, 0.29) is 12.1 Å². The topological polar surface area (TPSA) is 39.2 Å². The summed E-state index contributed by atoms with van der Waals surface area (Å²) in [6, 6.07) is 2.05. The molecule has 0 saturated heterocycles. The van der Waals surface area contributed by atoms with Gasteiger partial charge in [0.25, 0.3) is 0 Å². The summed E-state index contributed by atoms with van der Waals surface area (Å²) in [5.41, 5.74) is 3.52. The molecule has 0 saturated carbocycles. The molecule has 1 unspecified atom stereocenters. The molecular formula is C14H17NO2. The molecule has 1 aliphatic carbocycles. The Hall–Kier alpha value is -1.64. The van der Waals surface area contributed by atoms with Crippen molar-refractivity contribution in [2.75, 3.05) is 0 Å². The number of aromatic nitrogens is 1. The fourth-order valence-electron chi connectivity index (χ4n) is 2.34. The minimum Gasteiger partial charge on any atom is -0.456 e. The van der Waals surface area contributed by atoms with Crippen LogP contribution in [0.15, 0.2) is 24.9 Å². The lowest BCUT2D eigenvalue weighted by Gasteiger charge is -2.11. The van der Waals surface area contributed by atoms with Gasteiger partial charge in [-0.2, -0.15) is 0 Å². The van der Waals surface area contributed by atoms with Gasteiger partial charge >= 0.3 is 5.97 Å². The molecule has 0 radical (unpaired) electrons. The van der Waals surface area contributed by atoms with Crippen LogP contribution in [0.2, 0.25) is 0 Å². The Balaban J connectivity index is 2.22. The first-order valence-corrected chi connectivity index (χ1v) is 5.97. The average Bonchev–Trinajstić information content (AvgIpc) is 2.70. The maximum atomic E-state index is 11.0. The number of rotatable bonds is 4. The Kier molecular flexibility index (Phi) is 3.57. The van der Waals surface area contributed by atoms with Crippen molar-refractivity contribution in [1.82, 2.24) is 4.98 Å². The summed E-state index contributed by atoms with van der Waals surface area (Å²) in [4.78, 5) is 15.4. The molecule has 2 rings (SSSR count). The van der Waals surface area contributed by atoms with Crippen molar-refractivity contribution in [3.05, 3.63) is 41.7 Å². The number of fused-ring (bicyclic) bond motifs is 1. The van der Waals surface area contributed by atoms with Crippen molar-refractivity contribution in [2.45, 2.75) is 38.7 Å². The number of ether oxygens (including phenoxy) is 1. The van der Waals surface area contributed by atoms with E-state index in [0.29, 0.717) is 0 Å². The highest BCUT2D eigenvalue weighted by molar-refractivity contribution is 5.66. The molecule has 0 fully saturated rings. The summed E-state index contributed by atoms with van der Waals surface area (Å²) in [5.74, 6) is -0.235. The van der Waals surface area contributed by atoms with Crippen LogP contribution in [-0.2, 0) is 22.4 Å². The Bertz CT molecular complexity index is 440. The van der Waals surface area contributed by atoms with Gasteiger partial charge in [0.15, 0.2) is 0 Å². The van der Waals surface area contributed by atoms with E-state index in [2.05, 4.69) is 17.6 Å². The van der Waals surface area contributed by atoms with Crippen LogP contribution in [0, 0.1) is 0 Å². The normalized spacial score (nSPS) is 17.6. The zero-order valence-corrected chi connectivity index (χ0v) is 10.1. The summed E-state index contributed by atoms with van der Waals surface area (Å²) in [6.45, 7) is 5.18. The van der Waals surface area contributed by atoms with Gasteiger partial charge in [0.1, 0.15) is 6.10 Å². The van der Waals surface area contributed by atoms with Crippen molar-refractivity contribution in [2.24, 2.45) is 0 Å². The standard InChI is InChI=1S/C14H17NO2/c1-3-4-5-11-8-9-15-14-12(11)6-7-13(14)17-10(2)16/h3,8-9,13H,1,4-7H2,2H3. The van der Waals surface area contributed by atoms with E-state index in [4.69, 9.17) is 4.74 Å². The van der Waals surface area contributed by atoms with Gasteiger partial charge in [-0.3, -0.25) is 9.78 Å². The van der Waals surface area contributed by atoms with Crippen molar-refractivity contribution in [3.63, 3.8) is 0 Å². The predicted molar refractivity (Wildman–Crippen MR) is 65.6 cm³/mol. The molecular weight excluding hydrogens is 214 g/mol. The van der Waals surface area contributed by atoms with Gasteiger partial charge in [-0.05, 0) is 42.9 Å². The number of allylic oxidation sites excluding steroid dienone is 1. The maximum absolute atomic E-state index is 11.0. The SMILES string of the molecule is C=CCCc1ccnc2c1CCC2OC(C)=O. The lowest BCUT2D eigenvalue weighted by atomic mass is 10.0. The Morgan fingerprint density at radius 3 is 3.24 bits per heavy atom. The molecule has 3 nitrogen and oxygen atoms in total. The van der Waals surface area contributed by atoms with Gasteiger partial charge in [0.2, 0.25) is 0 Å². The molecule has 1 aliphatic rings. The third-order valence-corrected chi connectivity index (χ3v) is 3.07. The summed E-state index contributed by atoms with van der Waals surface area (Å²) >= 11 is 0. The molecule has 90 valence electrons. The largest absolute Gasteiger partial charge is 0.456 e. The van der Waals surface area contributed by atoms with Gasteiger partial charge in [-0.25, -0.2) is 0 Å². The number of esters is 1. The first-order valence-electron chi connectivity index (χ1n) is 5.97. The van der Waals surface area contributed by atoms with Gasteiger partial charge in [0, 0.05) is 13.1 Å². The molecule has 0 amide bonds. The number of hydrogen-bond donors (Lipinski definition) is 0. The van der Waals surface area contributed by atoms with E-state index in [1.165, 1.54) is 18.1 Å². The van der Waals surface area contributed by atoms with Gasteiger partial charge in [-0.15, -0.1) is 6.58 Å². The monoisotopic (exact) mass is 231 g/mol. The average molecular weight is 231 g/mol. The van der Waals surface area contributed by atoms with Crippen molar-refractivity contribution in [3.8, 4) is 0 Å². The number of nitrogens with zero attached hydrogens (tertiary/aromatic N) is 1. The highest BCUT2D eigenvalue weighted by atomic mass is 16.5. The fourth-order valence-corrected chi connectivity index (χ4v) is 2.34. The highest BCUT2D eigenvalue weighted by Gasteiger charge is 2.27. The number of carbonyl (C=O) groups is 1. The number of carbonyl (C=O) groups excluding carboxylic acids is 1. The smallest absolute Gasteiger partial charge is 0.303 e. The molecule has 1 aromatic rings. The number of hydrogen-bond acceptors (Lipinski definition) is 3. The van der Waals surface area contributed by atoms with Crippen LogP contribution >= 0.6 is 0 Å². The van der Waals surface area contributed by atoms with Gasteiger partial charge in [-0.1, -0.05) is 6.08 Å². The summed E-state index contributed by atoms with van der Waals surface area (Å²) < 4.78 is 5.28.